The van der Waals surface area contributed by atoms with Crippen molar-refractivity contribution in [1.29, 1.82) is 0 Å². The van der Waals surface area contributed by atoms with Gasteiger partial charge in [-0.15, -0.1) is 4.72 Å². The van der Waals surface area contributed by atoms with Gasteiger partial charge in [-0.2, -0.15) is 0 Å². The van der Waals surface area contributed by atoms with Gasteiger partial charge in [-0.05, 0) is 32.9 Å². The first-order chi connectivity index (χ1) is 9.66. The van der Waals surface area contributed by atoms with Crippen LogP contribution in [0.3, 0.4) is 0 Å². The van der Waals surface area contributed by atoms with Crippen LogP contribution in [-0.2, 0) is 21.6 Å². The van der Waals surface area contributed by atoms with E-state index >= 15 is 0 Å². The zero-order valence-electron chi connectivity index (χ0n) is 12.0. The normalized spacial score (nSPS) is 18.9. The van der Waals surface area contributed by atoms with Crippen molar-refractivity contribution in [2.45, 2.75) is 31.1 Å². The van der Waals surface area contributed by atoms with Gasteiger partial charge in [-0.1, -0.05) is 15.9 Å². The molecule has 1 N–H and O–H groups in total. The van der Waals surface area contributed by atoms with Crippen molar-refractivity contribution in [3.8, 4) is 0 Å². The molecule has 1 heterocycles. The quantitative estimate of drug-likeness (QED) is 0.495. The molecule has 1 saturated heterocycles. The number of nitrogens with one attached hydrogen (secondary N) is 1. The molecule has 2 rings (SSSR count). The van der Waals surface area contributed by atoms with Crippen LogP contribution in [0.5, 0.6) is 0 Å². The second-order valence-corrected chi connectivity index (χ2v) is 8.86. The third-order valence-corrected chi connectivity index (χ3v) is 5.39. The molecule has 0 saturated carbocycles. The molecule has 6 nitrogen and oxygen atoms in total. The number of halogens is 1. The van der Waals surface area contributed by atoms with Gasteiger partial charge < -0.3 is 9.29 Å². The van der Waals surface area contributed by atoms with E-state index in [1.54, 1.807) is 12.1 Å². The minimum atomic E-state index is -1.35. The summed E-state index contributed by atoms with van der Waals surface area (Å²) in [6.07, 6.45) is 0. The van der Waals surface area contributed by atoms with Crippen molar-refractivity contribution < 1.29 is 14.2 Å². The van der Waals surface area contributed by atoms with E-state index in [2.05, 4.69) is 20.7 Å². The van der Waals surface area contributed by atoms with Crippen LogP contribution >= 0.6 is 15.9 Å². The summed E-state index contributed by atoms with van der Waals surface area (Å²) in [6, 6.07) is 4.87. The largest absolute Gasteiger partial charge is 0.598 e. The predicted molar refractivity (Wildman–Crippen MR) is 84.3 cm³/mol. The fourth-order valence-electron chi connectivity index (χ4n) is 1.97. The Bertz CT molecular complexity index is 558. The molecule has 1 aliphatic heterocycles. The molecule has 1 aromatic carbocycles. The molecule has 1 fully saturated rings. The van der Waals surface area contributed by atoms with Crippen molar-refractivity contribution in [3.05, 3.63) is 38.3 Å². The van der Waals surface area contributed by atoms with Gasteiger partial charge >= 0.3 is 0 Å². The van der Waals surface area contributed by atoms with Gasteiger partial charge in [0.15, 0.2) is 0 Å². The molecule has 1 atom stereocenters. The molecule has 0 radical (unpaired) electrons. The van der Waals surface area contributed by atoms with E-state index in [0.717, 1.165) is 0 Å². The van der Waals surface area contributed by atoms with Crippen LogP contribution in [-0.4, -0.2) is 27.4 Å². The smallest absolute Gasteiger partial charge is 0.275 e. The summed E-state index contributed by atoms with van der Waals surface area (Å²) in [5.41, 5.74) is -0.285. The highest BCUT2D eigenvalue weighted by Crippen LogP contribution is 2.38. The van der Waals surface area contributed by atoms with Crippen LogP contribution in [0.4, 0.5) is 5.69 Å². The zero-order chi connectivity index (χ0) is 15.8. The second-order valence-electron chi connectivity index (χ2n) is 5.98. The third kappa shape index (κ3) is 3.40. The van der Waals surface area contributed by atoms with Gasteiger partial charge in [0.1, 0.15) is 10.3 Å². The van der Waals surface area contributed by atoms with E-state index in [4.69, 9.17) is 4.74 Å². The lowest BCUT2D eigenvalue weighted by Gasteiger charge is -2.42. The van der Waals surface area contributed by atoms with Crippen LogP contribution < -0.4 is 4.72 Å². The van der Waals surface area contributed by atoms with Gasteiger partial charge in [-0.25, -0.2) is 0 Å². The molecule has 1 aromatic rings. The summed E-state index contributed by atoms with van der Waals surface area (Å²) in [5.74, 6) is 0. The Morgan fingerprint density at radius 3 is 2.48 bits per heavy atom. The maximum Gasteiger partial charge on any atom is 0.275 e. The zero-order valence-corrected chi connectivity index (χ0v) is 14.4. The highest BCUT2D eigenvalue weighted by molar-refractivity contribution is 9.10. The summed E-state index contributed by atoms with van der Waals surface area (Å²) < 4.78 is 20.8. The Labute approximate surface area is 134 Å². The van der Waals surface area contributed by atoms with E-state index in [9.17, 15) is 14.7 Å². The fraction of sp³-hybridized carbons (Fsp3) is 0.538. The molecule has 116 valence electrons. The van der Waals surface area contributed by atoms with Crippen LogP contribution in [0.1, 0.15) is 26.3 Å². The van der Waals surface area contributed by atoms with E-state index < -0.39 is 26.6 Å². The van der Waals surface area contributed by atoms with Crippen LogP contribution in [0.15, 0.2) is 22.7 Å². The average molecular weight is 377 g/mol. The number of nitro groups is 1. The molecular formula is C13H17BrN2O4S. The Hall–Kier alpha value is -0.670. The minimum Gasteiger partial charge on any atom is -0.598 e. The molecular weight excluding hydrogens is 360 g/mol. The minimum absolute atomic E-state index is 0.00826. The van der Waals surface area contributed by atoms with Crippen LogP contribution in [0.2, 0.25) is 0 Å². The number of hydrogen-bond acceptors (Lipinski definition) is 5. The summed E-state index contributed by atoms with van der Waals surface area (Å²) >= 11 is 1.89. The summed E-state index contributed by atoms with van der Waals surface area (Å²) in [6.45, 7) is 6.06. The fourth-order valence-corrected chi connectivity index (χ4v) is 3.20. The second kappa shape index (κ2) is 5.85. The monoisotopic (exact) mass is 376 g/mol. The molecule has 0 aliphatic carbocycles. The molecule has 0 aromatic heterocycles. The van der Waals surface area contributed by atoms with Crippen molar-refractivity contribution in [2.24, 2.45) is 0 Å². The van der Waals surface area contributed by atoms with Gasteiger partial charge in [0, 0.05) is 21.9 Å². The molecule has 1 aliphatic rings. The van der Waals surface area contributed by atoms with Crippen LogP contribution in [0, 0.1) is 10.1 Å². The molecule has 0 bridgehead atoms. The molecule has 8 heteroatoms. The Morgan fingerprint density at radius 2 is 2.05 bits per heavy atom. The summed E-state index contributed by atoms with van der Waals surface area (Å²) in [4.78, 5) is 10.9. The maximum absolute atomic E-state index is 12.4. The van der Waals surface area contributed by atoms with E-state index in [1.165, 1.54) is 6.07 Å². The summed E-state index contributed by atoms with van der Waals surface area (Å²) in [5, 5.41) is 11.3. The number of benzene rings is 1. The number of nitrogens with zero attached hydrogens (tertiary/aromatic N) is 1. The average Bonchev–Trinajstić information content (AvgIpc) is 2.32. The highest BCUT2D eigenvalue weighted by atomic mass is 79.9. The van der Waals surface area contributed by atoms with Crippen molar-refractivity contribution in [3.63, 3.8) is 0 Å². The van der Waals surface area contributed by atoms with E-state index in [-0.39, 0.29) is 18.9 Å². The van der Waals surface area contributed by atoms with Gasteiger partial charge in [0.05, 0.1) is 23.7 Å². The lowest BCUT2D eigenvalue weighted by Crippen LogP contribution is -2.61. The Morgan fingerprint density at radius 1 is 1.43 bits per heavy atom. The van der Waals surface area contributed by atoms with Crippen molar-refractivity contribution in [2.75, 3.05) is 13.2 Å². The Balaban J connectivity index is 2.40. The van der Waals surface area contributed by atoms with Crippen LogP contribution in [0.25, 0.3) is 0 Å². The maximum atomic E-state index is 12.4. The molecule has 21 heavy (non-hydrogen) atoms. The Kier molecular flexibility index (Phi) is 4.65. The van der Waals surface area contributed by atoms with Gasteiger partial charge in [0.25, 0.3) is 5.69 Å². The molecule has 0 spiro atoms. The third-order valence-electron chi connectivity index (χ3n) is 3.21. The first-order valence-corrected chi connectivity index (χ1v) is 8.32. The lowest BCUT2D eigenvalue weighted by molar-refractivity contribution is -0.386. The summed E-state index contributed by atoms with van der Waals surface area (Å²) in [7, 11) is 0. The number of rotatable bonds is 4. The van der Waals surface area contributed by atoms with Gasteiger partial charge in [-0.3, -0.25) is 10.1 Å². The van der Waals surface area contributed by atoms with Gasteiger partial charge in [0.2, 0.25) is 0 Å². The first kappa shape index (κ1) is 16.7. The standard InChI is InChI=1S/C13H17BrN2O4S/c1-12(2,3)21(19)15-13(7-20-8-13)10-5-4-9(14)6-11(10)16(17)18/h4-6,15H,7-8H2,1-3H3/t21-/m0/s1. The van der Waals surface area contributed by atoms with E-state index in [0.29, 0.717) is 10.0 Å². The highest BCUT2D eigenvalue weighted by Gasteiger charge is 2.49. The topological polar surface area (TPSA) is 87.5 Å². The first-order valence-electron chi connectivity index (χ1n) is 6.38. The lowest BCUT2D eigenvalue weighted by atomic mass is 9.88. The molecule has 0 unspecified atom stereocenters. The van der Waals surface area contributed by atoms with E-state index in [1.807, 2.05) is 20.8 Å². The SMILES string of the molecule is CC(C)(C)[S@+]([O-])NC1(c2ccc(Br)cc2[N+](=O)[O-])COC1. The van der Waals surface area contributed by atoms with Crippen molar-refractivity contribution >= 4 is 33.0 Å². The number of hydrogen-bond donors (Lipinski definition) is 1. The molecule has 0 amide bonds. The number of ether oxygens (including phenoxy) is 1. The van der Waals surface area contributed by atoms with Crippen molar-refractivity contribution in [1.82, 2.24) is 4.72 Å². The number of nitro benzene ring substituents is 1. The predicted octanol–water partition coefficient (Wildman–Crippen LogP) is 2.63.